The lowest BCUT2D eigenvalue weighted by atomic mass is 10.1. The van der Waals surface area contributed by atoms with Crippen molar-refractivity contribution >= 4 is 17.3 Å². The summed E-state index contributed by atoms with van der Waals surface area (Å²) in [6.45, 7) is 0. The van der Waals surface area contributed by atoms with Crippen LogP contribution in [-0.2, 0) is 6.42 Å². The Hall–Kier alpha value is -1.61. The van der Waals surface area contributed by atoms with E-state index in [9.17, 15) is 4.39 Å². The van der Waals surface area contributed by atoms with Crippen molar-refractivity contribution in [1.29, 1.82) is 0 Å². The number of halogens is 2. The fourth-order valence-electron chi connectivity index (χ4n) is 1.46. The fourth-order valence-corrected chi connectivity index (χ4v) is 1.57. The summed E-state index contributed by atoms with van der Waals surface area (Å²) in [6, 6.07) is 6.45. The van der Waals surface area contributed by atoms with E-state index in [4.69, 9.17) is 17.3 Å². The molecule has 16 heavy (non-hydrogen) atoms. The summed E-state index contributed by atoms with van der Waals surface area (Å²) >= 11 is 5.60. The number of hydrogen-bond acceptors (Lipinski definition) is 2. The minimum Gasteiger partial charge on any atom is -0.398 e. The van der Waals surface area contributed by atoms with Crippen LogP contribution in [0.5, 0.6) is 0 Å². The number of hydrogen-bond donors (Lipinski definition) is 1. The van der Waals surface area contributed by atoms with Crippen molar-refractivity contribution in [2.24, 2.45) is 0 Å². The van der Waals surface area contributed by atoms with Gasteiger partial charge in [0, 0.05) is 24.5 Å². The number of anilines is 1. The van der Waals surface area contributed by atoms with E-state index in [2.05, 4.69) is 4.98 Å². The van der Waals surface area contributed by atoms with E-state index in [0.717, 1.165) is 11.1 Å². The predicted molar refractivity (Wildman–Crippen MR) is 62.9 cm³/mol. The van der Waals surface area contributed by atoms with Gasteiger partial charge in [0.15, 0.2) is 0 Å². The average Bonchev–Trinajstić information content (AvgIpc) is 2.27. The minimum atomic E-state index is -0.415. The predicted octanol–water partition coefficient (Wildman–Crippen LogP) is 3.05. The van der Waals surface area contributed by atoms with Crippen molar-refractivity contribution in [1.82, 2.24) is 4.98 Å². The Morgan fingerprint density at radius 3 is 2.81 bits per heavy atom. The van der Waals surface area contributed by atoms with E-state index in [-0.39, 0.29) is 5.02 Å². The molecule has 0 bridgehead atoms. The Morgan fingerprint density at radius 2 is 2.12 bits per heavy atom. The van der Waals surface area contributed by atoms with E-state index in [1.807, 2.05) is 0 Å². The van der Waals surface area contributed by atoms with Crippen molar-refractivity contribution in [2.75, 3.05) is 5.73 Å². The number of rotatable bonds is 2. The maximum Gasteiger partial charge on any atom is 0.142 e. The molecular weight excluding hydrogens is 227 g/mol. The lowest BCUT2D eigenvalue weighted by molar-refractivity contribution is 0.626. The van der Waals surface area contributed by atoms with Crippen molar-refractivity contribution in [3.05, 3.63) is 58.6 Å². The minimum absolute atomic E-state index is 0.128. The Labute approximate surface area is 97.9 Å². The van der Waals surface area contributed by atoms with Gasteiger partial charge in [-0.2, -0.15) is 0 Å². The first-order chi connectivity index (χ1) is 7.66. The average molecular weight is 237 g/mol. The highest BCUT2D eigenvalue weighted by Gasteiger charge is 2.04. The van der Waals surface area contributed by atoms with E-state index in [0.29, 0.717) is 12.1 Å². The standard InChI is InChI=1S/C12H10ClFN2/c13-10-2-1-8(6-11(10)14)5-9-7-16-4-3-12(9)15/h1-4,6-7H,5H2,(H2,15,16). The molecule has 1 aromatic carbocycles. The zero-order valence-corrected chi connectivity index (χ0v) is 9.21. The van der Waals surface area contributed by atoms with Crippen LogP contribution >= 0.6 is 11.6 Å². The molecule has 2 rings (SSSR count). The van der Waals surface area contributed by atoms with E-state index < -0.39 is 5.82 Å². The second-order valence-electron chi connectivity index (χ2n) is 3.50. The van der Waals surface area contributed by atoms with Gasteiger partial charge >= 0.3 is 0 Å². The molecule has 0 fully saturated rings. The van der Waals surface area contributed by atoms with Gasteiger partial charge in [0.05, 0.1) is 5.02 Å². The molecule has 0 aliphatic heterocycles. The fraction of sp³-hybridized carbons (Fsp3) is 0.0833. The highest BCUT2D eigenvalue weighted by atomic mass is 35.5. The summed E-state index contributed by atoms with van der Waals surface area (Å²) in [4.78, 5) is 3.98. The second-order valence-corrected chi connectivity index (χ2v) is 3.91. The molecule has 0 radical (unpaired) electrons. The quantitative estimate of drug-likeness (QED) is 0.871. The molecule has 0 saturated heterocycles. The van der Waals surface area contributed by atoms with Crippen LogP contribution in [0.1, 0.15) is 11.1 Å². The number of nitrogen functional groups attached to an aromatic ring is 1. The van der Waals surface area contributed by atoms with Crippen LogP contribution in [0.15, 0.2) is 36.7 Å². The second kappa shape index (κ2) is 4.49. The normalized spacial score (nSPS) is 10.4. The van der Waals surface area contributed by atoms with Gasteiger partial charge in [0.25, 0.3) is 0 Å². The molecular formula is C12H10ClFN2. The van der Waals surface area contributed by atoms with Gasteiger partial charge in [-0.25, -0.2) is 4.39 Å². The van der Waals surface area contributed by atoms with Crippen molar-refractivity contribution in [2.45, 2.75) is 6.42 Å². The SMILES string of the molecule is Nc1ccncc1Cc1ccc(Cl)c(F)c1. The smallest absolute Gasteiger partial charge is 0.142 e. The van der Waals surface area contributed by atoms with Gasteiger partial charge in [0.2, 0.25) is 0 Å². The first-order valence-electron chi connectivity index (χ1n) is 4.79. The molecule has 0 unspecified atom stereocenters. The Balaban J connectivity index is 2.28. The third-order valence-electron chi connectivity index (χ3n) is 2.32. The van der Waals surface area contributed by atoms with Gasteiger partial charge in [-0.15, -0.1) is 0 Å². The first kappa shape index (κ1) is 10.9. The zero-order valence-electron chi connectivity index (χ0n) is 8.45. The summed E-state index contributed by atoms with van der Waals surface area (Å²) in [7, 11) is 0. The molecule has 0 spiro atoms. The molecule has 82 valence electrons. The Kier molecular flexibility index (Phi) is 3.06. The van der Waals surface area contributed by atoms with Gasteiger partial charge < -0.3 is 5.73 Å². The maximum atomic E-state index is 13.2. The molecule has 0 aliphatic carbocycles. The summed E-state index contributed by atoms with van der Waals surface area (Å²) in [5.74, 6) is -0.415. The topological polar surface area (TPSA) is 38.9 Å². The van der Waals surface area contributed by atoms with Crippen LogP contribution in [0.3, 0.4) is 0 Å². The molecule has 4 heteroatoms. The van der Waals surface area contributed by atoms with Crippen LogP contribution in [-0.4, -0.2) is 4.98 Å². The van der Waals surface area contributed by atoms with E-state index >= 15 is 0 Å². The summed E-state index contributed by atoms with van der Waals surface area (Å²) in [5.41, 5.74) is 8.13. The number of aromatic nitrogens is 1. The molecule has 0 saturated carbocycles. The van der Waals surface area contributed by atoms with E-state index in [1.165, 1.54) is 6.07 Å². The van der Waals surface area contributed by atoms with Gasteiger partial charge in [-0.3, -0.25) is 4.98 Å². The summed E-state index contributed by atoms with van der Waals surface area (Å²) in [6.07, 6.45) is 3.86. The third kappa shape index (κ3) is 2.31. The maximum absolute atomic E-state index is 13.2. The van der Waals surface area contributed by atoms with Crippen molar-refractivity contribution < 1.29 is 4.39 Å². The number of pyridine rings is 1. The largest absolute Gasteiger partial charge is 0.398 e. The third-order valence-corrected chi connectivity index (χ3v) is 2.63. The van der Waals surface area contributed by atoms with Gasteiger partial charge in [-0.05, 0) is 29.3 Å². The van der Waals surface area contributed by atoms with Crippen LogP contribution in [0.4, 0.5) is 10.1 Å². The lowest BCUT2D eigenvalue weighted by Gasteiger charge is -2.05. The van der Waals surface area contributed by atoms with Crippen LogP contribution < -0.4 is 5.73 Å². The van der Waals surface area contributed by atoms with E-state index in [1.54, 1.807) is 30.6 Å². The summed E-state index contributed by atoms with van der Waals surface area (Å²) in [5, 5.41) is 0.128. The molecule has 0 aliphatic rings. The van der Waals surface area contributed by atoms with Crippen molar-refractivity contribution in [3.8, 4) is 0 Å². The van der Waals surface area contributed by atoms with Crippen LogP contribution in [0.25, 0.3) is 0 Å². The monoisotopic (exact) mass is 236 g/mol. The number of benzene rings is 1. The molecule has 2 nitrogen and oxygen atoms in total. The highest BCUT2D eigenvalue weighted by Crippen LogP contribution is 2.19. The van der Waals surface area contributed by atoms with Crippen LogP contribution in [0, 0.1) is 5.82 Å². The summed E-state index contributed by atoms with van der Waals surface area (Å²) < 4.78 is 13.2. The molecule has 1 aromatic heterocycles. The highest BCUT2D eigenvalue weighted by molar-refractivity contribution is 6.30. The molecule has 2 N–H and O–H groups in total. The number of nitrogens with two attached hydrogens (primary N) is 1. The zero-order chi connectivity index (χ0) is 11.5. The molecule has 2 aromatic rings. The first-order valence-corrected chi connectivity index (χ1v) is 5.17. The Morgan fingerprint density at radius 1 is 1.31 bits per heavy atom. The number of nitrogens with zero attached hydrogens (tertiary/aromatic N) is 1. The molecule has 0 atom stereocenters. The van der Waals surface area contributed by atoms with Crippen molar-refractivity contribution in [3.63, 3.8) is 0 Å². The van der Waals surface area contributed by atoms with Gasteiger partial charge in [-0.1, -0.05) is 17.7 Å². The van der Waals surface area contributed by atoms with Gasteiger partial charge in [0.1, 0.15) is 5.82 Å². The Bertz CT molecular complexity index is 514. The lowest BCUT2D eigenvalue weighted by Crippen LogP contribution is -1.96. The molecule has 0 amide bonds. The molecule has 1 heterocycles. The van der Waals surface area contributed by atoms with Crippen LogP contribution in [0.2, 0.25) is 5.02 Å².